The van der Waals surface area contributed by atoms with Gasteiger partial charge >= 0.3 is 5.78 Å². The summed E-state index contributed by atoms with van der Waals surface area (Å²) in [5, 5.41) is 3.50. The lowest BCUT2D eigenvalue weighted by Gasteiger charge is -2.03. The van der Waals surface area contributed by atoms with Gasteiger partial charge in [0.05, 0.1) is 5.39 Å². The summed E-state index contributed by atoms with van der Waals surface area (Å²) in [5.41, 5.74) is 2.36. The zero-order valence-corrected chi connectivity index (χ0v) is 13.5. The van der Waals surface area contributed by atoms with Crippen LogP contribution in [0.1, 0.15) is 21.7 Å². The number of hydrogen-bond donors (Lipinski definition) is 1. The molecule has 0 aliphatic rings. The molecule has 0 unspecified atom stereocenters. The van der Waals surface area contributed by atoms with Gasteiger partial charge < -0.3 is 14.2 Å². The summed E-state index contributed by atoms with van der Waals surface area (Å²) in [5.74, 6) is -0.280. The van der Waals surface area contributed by atoms with Crippen LogP contribution >= 0.6 is 0 Å². The topological polar surface area (TPSA) is 72.5 Å². The molecule has 4 rings (SSSR count). The van der Waals surface area contributed by atoms with E-state index in [1.54, 1.807) is 24.3 Å². The molecule has 0 aliphatic heterocycles. The molecule has 0 saturated carbocycles. The van der Waals surface area contributed by atoms with Crippen LogP contribution in [-0.4, -0.2) is 5.91 Å². The highest BCUT2D eigenvalue weighted by Gasteiger charge is 2.17. The number of furan rings is 1. The molecule has 2 aromatic carbocycles. The van der Waals surface area contributed by atoms with E-state index < -0.39 is 5.91 Å². The fourth-order valence-electron chi connectivity index (χ4n) is 2.68. The molecule has 5 heteroatoms. The van der Waals surface area contributed by atoms with Crippen molar-refractivity contribution in [1.82, 2.24) is 5.32 Å². The lowest BCUT2D eigenvalue weighted by molar-refractivity contribution is 0.0923. The lowest BCUT2D eigenvalue weighted by atomic mass is 10.1. The van der Waals surface area contributed by atoms with Gasteiger partial charge in [-0.3, -0.25) is 9.59 Å². The van der Waals surface area contributed by atoms with Gasteiger partial charge in [0, 0.05) is 12.6 Å². The zero-order chi connectivity index (χ0) is 17.4. The van der Waals surface area contributed by atoms with E-state index in [4.69, 9.17) is 8.83 Å². The molecule has 2 heterocycles. The molecule has 0 radical (unpaired) electrons. The first-order chi connectivity index (χ1) is 12.1. The van der Waals surface area contributed by atoms with Crippen molar-refractivity contribution < 1.29 is 13.6 Å². The Bertz CT molecular complexity index is 1140. The summed E-state index contributed by atoms with van der Waals surface area (Å²) in [6, 6.07) is 16.2. The Morgan fingerprint density at radius 1 is 1.00 bits per heavy atom. The molecule has 4 aromatic rings. The summed E-state index contributed by atoms with van der Waals surface area (Å²) in [6.45, 7) is 2.38. The second-order valence-corrected chi connectivity index (χ2v) is 5.91. The van der Waals surface area contributed by atoms with Gasteiger partial charge in [-0.15, -0.1) is 0 Å². The molecule has 0 bridgehead atoms. The number of fused-ring (bicyclic) bond motifs is 2. The Hall–Kier alpha value is -3.34. The van der Waals surface area contributed by atoms with Crippen LogP contribution in [0, 0.1) is 6.92 Å². The van der Waals surface area contributed by atoms with Gasteiger partial charge in [-0.25, -0.2) is 0 Å². The van der Waals surface area contributed by atoms with Crippen molar-refractivity contribution in [3.63, 3.8) is 0 Å². The van der Waals surface area contributed by atoms with E-state index in [0.717, 1.165) is 11.1 Å². The predicted molar refractivity (Wildman–Crippen MR) is 94.6 cm³/mol. The standard InChI is InChI=1S/C20H15NO4/c1-12-6-8-13(9-7-12)11-21-19(23)17-10-15-18(22)14-4-2-3-5-16(14)24-20(15)25-17/h2-10H,11H2,1H3,(H,21,23). The highest BCUT2D eigenvalue weighted by Crippen LogP contribution is 2.21. The van der Waals surface area contributed by atoms with Crippen molar-refractivity contribution in [2.45, 2.75) is 13.5 Å². The van der Waals surface area contributed by atoms with Crippen molar-refractivity contribution in [2.75, 3.05) is 0 Å². The molecule has 0 aliphatic carbocycles. The molecule has 0 spiro atoms. The van der Waals surface area contributed by atoms with Crippen molar-refractivity contribution >= 4 is 28.0 Å². The van der Waals surface area contributed by atoms with E-state index in [-0.39, 0.29) is 22.4 Å². The SMILES string of the molecule is Cc1ccc(CNC(=O)c2cc3c(=O)c4ccccc4oc3o2)cc1. The monoisotopic (exact) mass is 333 g/mol. The first-order valence-electron chi connectivity index (χ1n) is 7.91. The Labute approximate surface area is 142 Å². The van der Waals surface area contributed by atoms with E-state index in [0.29, 0.717) is 17.5 Å². The number of nitrogens with one attached hydrogen (secondary N) is 1. The van der Waals surface area contributed by atoms with Crippen LogP contribution in [0.2, 0.25) is 0 Å². The number of aryl methyl sites for hydroxylation is 1. The van der Waals surface area contributed by atoms with Gasteiger partial charge in [0.25, 0.3) is 5.91 Å². The molecular weight excluding hydrogens is 318 g/mol. The largest absolute Gasteiger partial charge is 0.425 e. The van der Waals surface area contributed by atoms with Gasteiger partial charge in [0.15, 0.2) is 5.76 Å². The van der Waals surface area contributed by atoms with E-state index in [1.807, 2.05) is 31.2 Å². The molecule has 5 nitrogen and oxygen atoms in total. The van der Waals surface area contributed by atoms with Crippen molar-refractivity contribution in [1.29, 1.82) is 0 Å². The molecular formula is C20H15NO4. The van der Waals surface area contributed by atoms with E-state index >= 15 is 0 Å². The third kappa shape index (κ3) is 2.80. The average Bonchev–Trinajstić information content (AvgIpc) is 3.06. The number of amides is 1. The van der Waals surface area contributed by atoms with Crippen molar-refractivity contribution in [2.24, 2.45) is 0 Å². The summed E-state index contributed by atoms with van der Waals surface area (Å²) in [7, 11) is 0. The predicted octanol–water partition coefficient (Wildman–Crippen LogP) is 3.78. The number of carbonyl (C=O) groups is 1. The third-order valence-corrected chi connectivity index (χ3v) is 4.07. The average molecular weight is 333 g/mol. The van der Waals surface area contributed by atoms with Crippen LogP contribution in [0.25, 0.3) is 22.1 Å². The molecule has 1 amide bonds. The van der Waals surface area contributed by atoms with Crippen molar-refractivity contribution in [3.05, 3.63) is 81.7 Å². The van der Waals surface area contributed by atoms with E-state index in [9.17, 15) is 9.59 Å². The highest BCUT2D eigenvalue weighted by atomic mass is 16.5. The number of carbonyl (C=O) groups excluding carboxylic acids is 1. The maximum Gasteiger partial charge on any atom is 0.302 e. The number of benzene rings is 2. The molecule has 124 valence electrons. The summed E-state index contributed by atoms with van der Waals surface area (Å²) < 4.78 is 11.0. The second kappa shape index (κ2) is 5.94. The van der Waals surface area contributed by atoms with Crippen LogP contribution in [0.5, 0.6) is 0 Å². The maximum atomic E-state index is 12.5. The minimum atomic E-state index is -0.393. The first-order valence-corrected chi connectivity index (χ1v) is 7.91. The van der Waals surface area contributed by atoms with Gasteiger partial charge in [0.2, 0.25) is 5.43 Å². The molecule has 25 heavy (non-hydrogen) atoms. The fourth-order valence-corrected chi connectivity index (χ4v) is 2.68. The van der Waals surface area contributed by atoms with Crippen LogP contribution in [-0.2, 0) is 6.54 Å². The third-order valence-electron chi connectivity index (χ3n) is 4.07. The van der Waals surface area contributed by atoms with Crippen molar-refractivity contribution in [3.8, 4) is 0 Å². The smallest absolute Gasteiger partial charge is 0.302 e. The Kier molecular flexibility index (Phi) is 3.61. The van der Waals surface area contributed by atoms with Crippen LogP contribution in [0.15, 0.2) is 68.2 Å². The summed E-state index contributed by atoms with van der Waals surface area (Å²) in [6.07, 6.45) is 0. The highest BCUT2D eigenvalue weighted by molar-refractivity contribution is 5.97. The first kappa shape index (κ1) is 15.2. The number of para-hydroxylation sites is 1. The van der Waals surface area contributed by atoms with Gasteiger partial charge in [-0.1, -0.05) is 42.0 Å². The minimum absolute atomic E-state index is 0.0540. The number of rotatable bonds is 3. The molecule has 1 N–H and O–H groups in total. The molecule has 2 aromatic heterocycles. The summed E-state index contributed by atoms with van der Waals surface area (Å²) >= 11 is 0. The summed E-state index contributed by atoms with van der Waals surface area (Å²) in [4.78, 5) is 24.8. The Morgan fingerprint density at radius 2 is 1.76 bits per heavy atom. The quantitative estimate of drug-likeness (QED) is 0.619. The molecule has 0 saturated heterocycles. The Balaban J connectivity index is 1.63. The Morgan fingerprint density at radius 3 is 2.56 bits per heavy atom. The van der Waals surface area contributed by atoms with E-state index in [1.165, 1.54) is 6.07 Å². The maximum absolute atomic E-state index is 12.5. The van der Waals surface area contributed by atoms with Gasteiger partial charge in [-0.2, -0.15) is 0 Å². The lowest BCUT2D eigenvalue weighted by Crippen LogP contribution is -2.22. The second-order valence-electron chi connectivity index (χ2n) is 5.91. The number of hydrogen-bond acceptors (Lipinski definition) is 4. The van der Waals surface area contributed by atoms with Gasteiger partial charge in [0.1, 0.15) is 11.0 Å². The van der Waals surface area contributed by atoms with E-state index in [2.05, 4.69) is 5.32 Å². The molecule has 0 atom stereocenters. The van der Waals surface area contributed by atoms with Crippen LogP contribution < -0.4 is 10.7 Å². The van der Waals surface area contributed by atoms with Gasteiger partial charge in [-0.05, 0) is 24.6 Å². The fraction of sp³-hybridized carbons (Fsp3) is 0.100. The minimum Gasteiger partial charge on any atom is -0.425 e. The molecule has 0 fully saturated rings. The zero-order valence-electron chi connectivity index (χ0n) is 13.5. The normalized spacial score (nSPS) is 11.1. The van der Waals surface area contributed by atoms with Crippen LogP contribution in [0.3, 0.4) is 0 Å². The van der Waals surface area contributed by atoms with Crippen LogP contribution in [0.4, 0.5) is 0 Å².